The Balaban J connectivity index is 2.04. The number of amides is 1. The van der Waals surface area contributed by atoms with Gasteiger partial charge in [0.1, 0.15) is 0 Å². The van der Waals surface area contributed by atoms with Crippen LogP contribution in [0.3, 0.4) is 0 Å². The lowest BCUT2D eigenvalue weighted by atomic mass is 10.1. The molecule has 0 atom stereocenters. The van der Waals surface area contributed by atoms with Crippen LogP contribution in [0.5, 0.6) is 0 Å². The molecule has 1 aromatic heterocycles. The molecule has 1 N–H and O–H groups in total. The van der Waals surface area contributed by atoms with Crippen LogP contribution >= 0.6 is 43.2 Å². The Kier molecular flexibility index (Phi) is 5.11. The molecule has 0 aliphatic rings. The van der Waals surface area contributed by atoms with E-state index in [1.54, 1.807) is 6.07 Å². The highest BCUT2D eigenvalue weighted by Gasteiger charge is 2.30. The average molecular weight is 443 g/mol. The molecule has 8 heteroatoms. The molecule has 112 valence electrons. The first-order valence-corrected chi connectivity index (χ1v) is 8.07. The summed E-state index contributed by atoms with van der Waals surface area (Å²) < 4.78 is 39.3. The van der Waals surface area contributed by atoms with E-state index < -0.39 is 11.7 Å². The Morgan fingerprint density at radius 2 is 1.95 bits per heavy atom. The number of benzene rings is 1. The second-order valence-corrected chi connectivity index (χ2v) is 7.34. The predicted molar refractivity (Wildman–Crippen MR) is 82.3 cm³/mol. The quantitative estimate of drug-likeness (QED) is 0.693. The van der Waals surface area contributed by atoms with E-state index in [0.717, 1.165) is 20.4 Å². The zero-order valence-corrected chi connectivity index (χ0v) is 14.3. The van der Waals surface area contributed by atoms with E-state index >= 15 is 0 Å². The smallest absolute Gasteiger partial charge is 0.347 e. The number of halogens is 5. The number of thiophene rings is 1. The maximum Gasteiger partial charge on any atom is 0.416 e. The molecule has 2 rings (SSSR count). The fourth-order valence-electron chi connectivity index (χ4n) is 1.59. The zero-order valence-electron chi connectivity index (χ0n) is 10.3. The first-order valence-electron chi connectivity index (χ1n) is 5.66. The van der Waals surface area contributed by atoms with Crippen LogP contribution in [0.1, 0.15) is 20.8 Å². The number of carbonyl (C=O) groups is 1. The lowest BCUT2D eigenvalue weighted by Crippen LogP contribution is -2.22. The number of hydrogen-bond acceptors (Lipinski definition) is 2. The maximum absolute atomic E-state index is 12.6. The number of rotatable bonds is 3. The van der Waals surface area contributed by atoms with Gasteiger partial charge in [0.25, 0.3) is 5.91 Å². The normalized spacial score (nSPS) is 11.5. The van der Waals surface area contributed by atoms with Crippen LogP contribution < -0.4 is 5.32 Å². The van der Waals surface area contributed by atoms with Crippen molar-refractivity contribution in [2.45, 2.75) is 12.7 Å². The minimum Gasteiger partial charge on any atom is -0.347 e. The van der Waals surface area contributed by atoms with Gasteiger partial charge in [-0.2, -0.15) is 13.2 Å². The fraction of sp³-hybridized carbons (Fsp3) is 0.154. The molecule has 0 fully saturated rings. The highest BCUT2D eigenvalue weighted by Crippen LogP contribution is 2.32. The third kappa shape index (κ3) is 4.31. The van der Waals surface area contributed by atoms with Crippen molar-refractivity contribution in [1.82, 2.24) is 5.32 Å². The molecule has 0 unspecified atom stereocenters. The van der Waals surface area contributed by atoms with Crippen LogP contribution in [0.15, 0.2) is 38.6 Å². The number of nitrogens with one attached hydrogen (secondary N) is 1. The number of alkyl halides is 3. The van der Waals surface area contributed by atoms with E-state index in [2.05, 4.69) is 37.2 Å². The summed E-state index contributed by atoms with van der Waals surface area (Å²) in [6.07, 6.45) is -4.39. The van der Waals surface area contributed by atoms with Gasteiger partial charge in [-0.05, 0) is 55.6 Å². The number of hydrogen-bond donors (Lipinski definition) is 1. The zero-order chi connectivity index (χ0) is 15.6. The Labute approximate surface area is 139 Å². The second kappa shape index (κ2) is 6.50. The van der Waals surface area contributed by atoms with Gasteiger partial charge in [-0.1, -0.05) is 12.1 Å². The highest BCUT2D eigenvalue weighted by molar-refractivity contribution is 9.13. The van der Waals surface area contributed by atoms with Crippen LogP contribution in [-0.4, -0.2) is 5.91 Å². The van der Waals surface area contributed by atoms with Crippen LogP contribution in [0, 0.1) is 0 Å². The van der Waals surface area contributed by atoms with Gasteiger partial charge in [0.2, 0.25) is 0 Å². The highest BCUT2D eigenvalue weighted by atomic mass is 79.9. The van der Waals surface area contributed by atoms with Crippen LogP contribution in [-0.2, 0) is 12.7 Å². The van der Waals surface area contributed by atoms with E-state index in [1.807, 2.05) is 0 Å². The Hall–Kier alpha value is -0.860. The van der Waals surface area contributed by atoms with E-state index in [4.69, 9.17) is 0 Å². The maximum atomic E-state index is 12.6. The molecular formula is C13H8Br2F3NOS. The molecule has 1 amide bonds. The van der Waals surface area contributed by atoms with Gasteiger partial charge in [-0.3, -0.25) is 4.79 Å². The van der Waals surface area contributed by atoms with Gasteiger partial charge in [-0.25, -0.2) is 0 Å². The van der Waals surface area contributed by atoms with Gasteiger partial charge in [0.05, 0.1) is 14.2 Å². The summed E-state index contributed by atoms with van der Waals surface area (Å²) in [5.74, 6) is -0.330. The molecule has 2 aromatic rings. The summed E-state index contributed by atoms with van der Waals surface area (Å²) in [7, 11) is 0. The van der Waals surface area contributed by atoms with Crippen molar-refractivity contribution in [1.29, 1.82) is 0 Å². The minimum atomic E-state index is -4.39. The van der Waals surface area contributed by atoms with Crippen LogP contribution in [0.2, 0.25) is 0 Å². The molecule has 0 bridgehead atoms. The second-order valence-electron chi connectivity index (χ2n) is 4.11. The third-order valence-electron chi connectivity index (χ3n) is 2.58. The third-order valence-corrected chi connectivity index (χ3v) is 5.83. The van der Waals surface area contributed by atoms with Gasteiger partial charge in [0.15, 0.2) is 0 Å². The molecule has 0 radical (unpaired) electrons. The van der Waals surface area contributed by atoms with Gasteiger partial charge in [-0.15, -0.1) is 11.3 Å². The van der Waals surface area contributed by atoms with Crippen LogP contribution in [0.25, 0.3) is 0 Å². The van der Waals surface area contributed by atoms with Gasteiger partial charge in [0, 0.05) is 11.0 Å². The lowest BCUT2D eigenvalue weighted by Gasteiger charge is -2.09. The van der Waals surface area contributed by atoms with E-state index in [0.29, 0.717) is 10.4 Å². The summed E-state index contributed by atoms with van der Waals surface area (Å²) in [4.78, 5) is 12.4. The Morgan fingerprint density at radius 3 is 2.52 bits per heavy atom. The molecule has 2 nitrogen and oxygen atoms in total. The summed E-state index contributed by atoms with van der Waals surface area (Å²) >= 11 is 7.79. The Morgan fingerprint density at radius 1 is 1.24 bits per heavy atom. The van der Waals surface area contributed by atoms with Crippen molar-refractivity contribution in [3.8, 4) is 0 Å². The molecular weight excluding hydrogens is 435 g/mol. The molecule has 21 heavy (non-hydrogen) atoms. The minimum absolute atomic E-state index is 0.0376. The molecule has 0 aliphatic carbocycles. The van der Waals surface area contributed by atoms with Crippen molar-refractivity contribution in [2.75, 3.05) is 0 Å². The van der Waals surface area contributed by atoms with Crippen molar-refractivity contribution < 1.29 is 18.0 Å². The predicted octanol–water partition coefficient (Wildman–Crippen LogP) is 5.22. The molecule has 0 spiro atoms. The van der Waals surface area contributed by atoms with Crippen molar-refractivity contribution in [3.63, 3.8) is 0 Å². The average Bonchev–Trinajstić information content (AvgIpc) is 2.75. The SMILES string of the molecule is O=C(NCc1cccc(C(F)(F)F)c1)c1cc(Br)c(Br)s1. The molecule has 0 saturated heterocycles. The largest absolute Gasteiger partial charge is 0.416 e. The van der Waals surface area contributed by atoms with E-state index in [1.165, 1.54) is 23.5 Å². The van der Waals surface area contributed by atoms with Gasteiger partial charge >= 0.3 is 6.18 Å². The lowest BCUT2D eigenvalue weighted by molar-refractivity contribution is -0.137. The first-order chi connectivity index (χ1) is 9.77. The fourth-order valence-corrected chi connectivity index (χ4v) is 3.54. The summed E-state index contributed by atoms with van der Waals surface area (Å²) in [5, 5.41) is 2.60. The standard InChI is InChI=1S/C13H8Br2F3NOS/c14-9-5-10(21-11(9)15)12(20)19-6-7-2-1-3-8(4-7)13(16,17)18/h1-5H,6H2,(H,19,20). The van der Waals surface area contributed by atoms with E-state index in [9.17, 15) is 18.0 Å². The van der Waals surface area contributed by atoms with Crippen molar-refractivity contribution >= 4 is 49.1 Å². The van der Waals surface area contributed by atoms with E-state index in [-0.39, 0.29) is 12.5 Å². The molecule has 0 aliphatic heterocycles. The van der Waals surface area contributed by atoms with Gasteiger partial charge < -0.3 is 5.32 Å². The summed E-state index contributed by atoms with van der Waals surface area (Å²) in [6.45, 7) is 0.0376. The molecule has 0 saturated carbocycles. The topological polar surface area (TPSA) is 29.1 Å². The summed E-state index contributed by atoms with van der Waals surface area (Å²) in [6, 6.07) is 6.54. The monoisotopic (exact) mass is 441 g/mol. The first kappa shape index (κ1) is 16.5. The van der Waals surface area contributed by atoms with Crippen molar-refractivity contribution in [3.05, 3.63) is 54.6 Å². The van der Waals surface area contributed by atoms with Crippen LogP contribution in [0.4, 0.5) is 13.2 Å². The summed E-state index contributed by atoms with van der Waals surface area (Å²) in [5.41, 5.74) is -0.330. The molecule has 1 aromatic carbocycles. The number of carbonyl (C=O) groups excluding carboxylic acids is 1. The Bertz CT molecular complexity index is 650. The van der Waals surface area contributed by atoms with Crippen molar-refractivity contribution in [2.24, 2.45) is 0 Å². The molecule has 1 heterocycles.